The maximum absolute atomic E-state index is 10.4. The van der Waals surface area contributed by atoms with E-state index in [4.69, 9.17) is 14.2 Å². The number of hydrogen-bond donors (Lipinski definition) is 0. The first-order chi connectivity index (χ1) is 8.28. The summed E-state index contributed by atoms with van der Waals surface area (Å²) in [6.07, 6.45) is 0.861. The van der Waals surface area contributed by atoms with E-state index in [1.165, 1.54) is 0 Å². The molecular formula is C12H15NO4. The van der Waals surface area contributed by atoms with Crippen molar-refractivity contribution in [3.05, 3.63) is 28.7 Å². The molecule has 0 spiro atoms. The minimum absolute atomic E-state index is 0.0856. The average Bonchev–Trinajstić information content (AvgIpc) is 2.86. The molecule has 5 nitrogen and oxygen atoms in total. The van der Waals surface area contributed by atoms with Crippen LogP contribution in [0.1, 0.15) is 24.5 Å². The topological polar surface area (TPSA) is 57.1 Å². The largest absolute Gasteiger partial charge is 0.493 e. The van der Waals surface area contributed by atoms with E-state index in [1.54, 1.807) is 14.2 Å². The van der Waals surface area contributed by atoms with Crippen LogP contribution in [0.5, 0.6) is 11.5 Å². The van der Waals surface area contributed by atoms with Crippen molar-refractivity contribution >= 4 is 0 Å². The van der Waals surface area contributed by atoms with Crippen molar-refractivity contribution in [1.82, 2.24) is 0 Å². The first-order valence-corrected chi connectivity index (χ1v) is 5.48. The van der Waals surface area contributed by atoms with Gasteiger partial charge in [0.25, 0.3) is 0 Å². The van der Waals surface area contributed by atoms with Crippen LogP contribution in [-0.2, 0) is 4.74 Å². The third-order valence-electron chi connectivity index (χ3n) is 2.89. The highest BCUT2D eigenvalue weighted by Gasteiger charge is 2.27. The van der Waals surface area contributed by atoms with Crippen molar-refractivity contribution in [1.29, 1.82) is 0 Å². The second-order valence-electron chi connectivity index (χ2n) is 3.88. The third-order valence-corrected chi connectivity index (χ3v) is 2.89. The Bertz CT molecular complexity index is 407. The van der Waals surface area contributed by atoms with E-state index in [9.17, 15) is 4.91 Å². The second-order valence-corrected chi connectivity index (χ2v) is 3.88. The molecule has 1 heterocycles. The lowest BCUT2D eigenvalue weighted by molar-refractivity contribution is 0.0490. The molecule has 2 unspecified atom stereocenters. The predicted molar refractivity (Wildman–Crippen MR) is 62.2 cm³/mol. The van der Waals surface area contributed by atoms with Gasteiger partial charge in [0.05, 0.1) is 20.3 Å². The van der Waals surface area contributed by atoms with Crippen molar-refractivity contribution < 1.29 is 14.2 Å². The van der Waals surface area contributed by atoms with Crippen LogP contribution in [0.3, 0.4) is 0 Å². The van der Waals surface area contributed by atoms with Crippen LogP contribution in [0.4, 0.5) is 0 Å². The molecule has 0 bridgehead atoms. The molecule has 0 amide bonds. The Morgan fingerprint density at radius 1 is 1.24 bits per heavy atom. The van der Waals surface area contributed by atoms with Crippen molar-refractivity contribution in [2.45, 2.75) is 25.2 Å². The number of benzene rings is 1. The van der Waals surface area contributed by atoms with Gasteiger partial charge in [0, 0.05) is 6.42 Å². The fraction of sp³-hybridized carbons (Fsp3) is 0.500. The van der Waals surface area contributed by atoms with E-state index in [2.05, 4.69) is 5.18 Å². The molecule has 5 heteroatoms. The number of rotatable bonds is 4. The minimum Gasteiger partial charge on any atom is -0.493 e. The fourth-order valence-corrected chi connectivity index (χ4v) is 2.00. The van der Waals surface area contributed by atoms with Gasteiger partial charge in [-0.1, -0.05) is 6.07 Å². The maximum Gasteiger partial charge on any atom is 0.190 e. The van der Waals surface area contributed by atoms with Gasteiger partial charge in [-0.05, 0) is 29.3 Å². The van der Waals surface area contributed by atoms with Crippen LogP contribution in [-0.4, -0.2) is 20.4 Å². The lowest BCUT2D eigenvalue weighted by Crippen LogP contribution is -2.02. The minimum atomic E-state index is -0.520. The lowest BCUT2D eigenvalue weighted by atomic mass is 10.1. The zero-order valence-electron chi connectivity index (χ0n) is 9.88. The van der Waals surface area contributed by atoms with Gasteiger partial charge in [0.15, 0.2) is 17.7 Å². The van der Waals surface area contributed by atoms with Crippen LogP contribution < -0.4 is 9.47 Å². The van der Waals surface area contributed by atoms with Crippen LogP contribution >= 0.6 is 0 Å². The molecule has 17 heavy (non-hydrogen) atoms. The molecule has 2 atom stereocenters. The quantitative estimate of drug-likeness (QED) is 0.755. The Labute approximate surface area is 99.7 Å². The van der Waals surface area contributed by atoms with E-state index in [-0.39, 0.29) is 6.10 Å². The monoisotopic (exact) mass is 237 g/mol. The molecule has 0 aromatic heterocycles. The maximum atomic E-state index is 10.4. The summed E-state index contributed by atoms with van der Waals surface area (Å²) in [5.74, 6) is 1.34. The first-order valence-electron chi connectivity index (χ1n) is 5.48. The molecule has 0 N–H and O–H groups in total. The SMILES string of the molecule is COc1ccc(C2CCC(N=O)O2)cc1OC. The summed E-state index contributed by atoms with van der Waals surface area (Å²) in [6.45, 7) is 0. The van der Waals surface area contributed by atoms with Gasteiger partial charge in [-0.25, -0.2) is 0 Å². The summed E-state index contributed by atoms with van der Waals surface area (Å²) in [4.78, 5) is 10.4. The zero-order chi connectivity index (χ0) is 12.3. The standard InChI is InChI=1S/C12H15NO4/c1-15-10-4-3-8(7-11(10)16-2)9-5-6-12(13-14)17-9/h3-4,7,9,12H,5-6H2,1-2H3. The molecule has 1 aromatic carbocycles. The fourth-order valence-electron chi connectivity index (χ4n) is 2.00. The van der Waals surface area contributed by atoms with E-state index >= 15 is 0 Å². The average molecular weight is 237 g/mol. The second kappa shape index (κ2) is 5.14. The molecule has 0 aliphatic carbocycles. The Kier molecular flexibility index (Phi) is 3.58. The molecule has 2 rings (SSSR count). The molecule has 0 saturated carbocycles. The third kappa shape index (κ3) is 2.39. The molecule has 92 valence electrons. The van der Waals surface area contributed by atoms with E-state index in [1.807, 2.05) is 18.2 Å². The molecule has 1 fully saturated rings. The van der Waals surface area contributed by atoms with Gasteiger partial charge in [0.2, 0.25) is 0 Å². The van der Waals surface area contributed by atoms with E-state index in [0.29, 0.717) is 17.9 Å². The Morgan fingerprint density at radius 2 is 2.00 bits per heavy atom. The summed E-state index contributed by atoms with van der Waals surface area (Å²) < 4.78 is 15.9. The number of ether oxygens (including phenoxy) is 3. The Hall–Kier alpha value is -1.62. The molecular weight excluding hydrogens is 222 g/mol. The van der Waals surface area contributed by atoms with E-state index < -0.39 is 6.23 Å². The van der Waals surface area contributed by atoms with Crippen LogP contribution in [0.25, 0.3) is 0 Å². The molecule has 0 radical (unpaired) electrons. The summed E-state index contributed by atoms with van der Waals surface area (Å²) in [7, 11) is 3.18. The summed E-state index contributed by atoms with van der Waals surface area (Å²) in [5.41, 5.74) is 0.980. The summed E-state index contributed by atoms with van der Waals surface area (Å²) >= 11 is 0. The van der Waals surface area contributed by atoms with Gasteiger partial charge in [0.1, 0.15) is 0 Å². The summed E-state index contributed by atoms with van der Waals surface area (Å²) in [6, 6.07) is 5.62. The zero-order valence-corrected chi connectivity index (χ0v) is 9.88. The number of methoxy groups -OCH3 is 2. The number of hydrogen-bond acceptors (Lipinski definition) is 5. The number of nitrogens with zero attached hydrogens (tertiary/aromatic N) is 1. The van der Waals surface area contributed by atoms with Crippen molar-refractivity contribution in [3.63, 3.8) is 0 Å². The highest BCUT2D eigenvalue weighted by atomic mass is 16.5. The van der Waals surface area contributed by atoms with Crippen molar-refractivity contribution in [2.75, 3.05) is 14.2 Å². The van der Waals surface area contributed by atoms with Gasteiger partial charge >= 0.3 is 0 Å². The lowest BCUT2D eigenvalue weighted by Gasteiger charge is -2.13. The first kappa shape index (κ1) is 11.9. The van der Waals surface area contributed by atoms with Gasteiger partial charge in [-0.15, -0.1) is 4.91 Å². The number of nitroso groups, excluding NO2 is 1. The van der Waals surface area contributed by atoms with Crippen LogP contribution in [0.15, 0.2) is 23.4 Å². The Morgan fingerprint density at radius 3 is 2.59 bits per heavy atom. The summed E-state index contributed by atoms with van der Waals surface area (Å²) in [5, 5.41) is 2.91. The normalized spacial score (nSPS) is 23.4. The molecule has 1 saturated heterocycles. The smallest absolute Gasteiger partial charge is 0.190 e. The van der Waals surface area contributed by atoms with Gasteiger partial charge < -0.3 is 14.2 Å². The molecule has 1 aliphatic heterocycles. The highest BCUT2D eigenvalue weighted by molar-refractivity contribution is 5.43. The van der Waals surface area contributed by atoms with E-state index in [0.717, 1.165) is 12.0 Å². The highest BCUT2D eigenvalue weighted by Crippen LogP contribution is 2.37. The molecule has 1 aliphatic rings. The van der Waals surface area contributed by atoms with Crippen LogP contribution in [0, 0.1) is 4.91 Å². The molecule has 1 aromatic rings. The van der Waals surface area contributed by atoms with Gasteiger partial charge in [-0.2, -0.15) is 0 Å². The van der Waals surface area contributed by atoms with Crippen molar-refractivity contribution in [2.24, 2.45) is 5.18 Å². The van der Waals surface area contributed by atoms with Crippen LogP contribution in [0.2, 0.25) is 0 Å². The Balaban J connectivity index is 2.19. The van der Waals surface area contributed by atoms with Gasteiger partial charge in [-0.3, -0.25) is 0 Å². The predicted octanol–water partition coefficient (Wildman–Crippen LogP) is 2.65. The van der Waals surface area contributed by atoms with Crippen molar-refractivity contribution in [3.8, 4) is 11.5 Å².